The summed E-state index contributed by atoms with van der Waals surface area (Å²) >= 11 is 0. The summed E-state index contributed by atoms with van der Waals surface area (Å²) < 4.78 is 0. The number of nitrogens with zero attached hydrogens (tertiary/aromatic N) is 3. The zero-order valence-electron chi connectivity index (χ0n) is 15.0. The van der Waals surface area contributed by atoms with E-state index in [4.69, 9.17) is 0 Å². The fraction of sp³-hybridized carbons (Fsp3) is 0.600. The summed E-state index contributed by atoms with van der Waals surface area (Å²) in [6.45, 7) is 5.20. The van der Waals surface area contributed by atoms with Gasteiger partial charge in [-0.05, 0) is 50.7 Å². The molecule has 2 atom stereocenters. The quantitative estimate of drug-likeness (QED) is 0.788. The highest BCUT2D eigenvalue weighted by molar-refractivity contribution is 5.98. The molecule has 5 heteroatoms. The Hall–Kier alpha value is -2.04. The summed E-state index contributed by atoms with van der Waals surface area (Å²) in [5, 5.41) is 0. The Kier molecular flexibility index (Phi) is 4.40. The van der Waals surface area contributed by atoms with Gasteiger partial charge in [0.25, 0.3) is 0 Å². The van der Waals surface area contributed by atoms with Gasteiger partial charge in [-0.1, -0.05) is 18.2 Å². The lowest BCUT2D eigenvalue weighted by molar-refractivity contribution is -0.124. The van der Waals surface area contributed by atoms with Crippen molar-refractivity contribution in [3.8, 4) is 0 Å². The standard InChI is InChI=1S/C20H27N3O2/c1-15-13-16-7-2-3-9-18(16)23(15)19(24)17-8-6-12-22(14-17)20(25)21-10-4-5-11-21/h2-3,7,9,15,17H,4-6,8,10-14H2,1H3/t15-,17+/m0/s1. The van der Waals surface area contributed by atoms with Crippen molar-refractivity contribution in [3.63, 3.8) is 0 Å². The monoisotopic (exact) mass is 341 g/mol. The summed E-state index contributed by atoms with van der Waals surface area (Å²) in [5.74, 6) is 0.116. The number of carbonyl (C=O) groups excluding carboxylic acids is 2. The lowest BCUT2D eigenvalue weighted by Gasteiger charge is -2.37. The number of anilines is 1. The zero-order valence-corrected chi connectivity index (χ0v) is 15.0. The third kappa shape index (κ3) is 3.00. The fourth-order valence-electron chi connectivity index (χ4n) is 4.56. The van der Waals surface area contributed by atoms with E-state index in [-0.39, 0.29) is 23.9 Å². The number of likely N-dealkylation sites (tertiary alicyclic amines) is 2. The van der Waals surface area contributed by atoms with Crippen LogP contribution in [-0.4, -0.2) is 54.0 Å². The first-order valence-electron chi connectivity index (χ1n) is 9.60. The van der Waals surface area contributed by atoms with E-state index in [0.29, 0.717) is 6.54 Å². The lowest BCUT2D eigenvalue weighted by Crippen LogP contribution is -2.51. The molecule has 3 aliphatic rings. The second-order valence-corrected chi connectivity index (χ2v) is 7.65. The zero-order chi connectivity index (χ0) is 17.4. The number of hydrogen-bond donors (Lipinski definition) is 0. The number of para-hydroxylation sites is 1. The van der Waals surface area contributed by atoms with Crippen LogP contribution in [0.4, 0.5) is 10.5 Å². The van der Waals surface area contributed by atoms with Crippen molar-refractivity contribution in [2.45, 2.75) is 45.1 Å². The average molecular weight is 341 g/mol. The van der Waals surface area contributed by atoms with Gasteiger partial charge in [0.05, 0.1) is 5.92 Å². The topological polar surface area (TPSA) is 43.9 Å². The molecule has 0 radical (unpaired) electrons. The van der Waals surface area contributed by atoms with Crippen molar-refractivity contribution in [3.05, 3.63) is 29.8 Å². The summed E-state index contributed by atoms with van der Waals surface area (Å²) in [6.07, 6.45) is 4.92. The Morgan fingerprint density at radius 2 is 1.72 bits per heavy atom. The van der Waals surface area contributed by atoms with Crippen LogP contribution in [0.15, 0.2) is 24.3 Å². The van der Waals surface area contributed by atoms with Gasteiger partial charge in [-0.2, -0.15) is 0 Å². The van der Waals surface area contributed by atoms with Gasteiger partial charge in [0.2, 0.25) is 5.91 Å². The first-order chi connectivity index (χ1) is 12.1. The Bertz CT molecular complexity index is 669. The molecule has 3 aliphatic heterocycles. The summed E-state index contributed by atoms with van der Waals surface area (Å²) in [6, 6.07) is 8.53. The van der Waals surface area contributed by atoms with Gasteiger partial charge in [-0.3, -0.25) is 4.79 Å². The van der Waals surface area contributed by atoms with Crippen molar-refractivity contribution < 1.29 is 9.59 Å². The highest BCUT2D eigenvalue weighted by atomic mass is 16.2. The first-order valence-corrected chi connectivity index (χ1v) is 9.60. The molecule has 134 valence electrons. The SMILES string of the molecule is C[C@H]1Cc2ccccc2N1C(=O)[C@@H]1CCCN(C(=O)N2CCCC2)C1. The molecule has 0 saturated carbocycles. The van der Waals surface area contributed by atoms with Gasteiger partial charge in [-0.25, -0.2) is 4.79 Å². The van der Waals surface area contributed by atoms with Crippen LogP contribution < -0.4 is 4.90 Å². The molecule has 0 spiro atoms. The fourth-order valence-corrected chi connectivity index (χ4v) is 4.56. The minimum Gasteiger partial charge on any atom is -0.325 e. The summed E-state index contributed by atoms with van der Waals surface area (Å²) in [5.41, 5.74) is 2.31. The molecule has 25 heavy (non-hydrogen) atoms. The highest BCUT2D eigenvalue weighted by Gasteiger charge is 2.38. The largest absolute Gasteiger partial charge is 0.325 e. The van der Waals surface area contributed by atoms with Crippen molar-refractivity contribution in [2.24, 2.45) is 5.92 Å². The molecule has 0 unspecified atom stereocenters. The van der Waals surface area contributed by atoms with Gasteiger partial charge < -0.3 is 14.7 Å². The predicted octanol–water partition coefficient (Wildman–Crippen LogP) is 2.89. The smallest absolute Gasteiger partial charge is 0.320 e. The van der Waals surface area contributed by atoms with Gasteiger partial charge in [-0.15, -0.1) is 0 Å². The molecule has 4 rings (SSSR count). The van der Waals surface area contributed by atoms with Crippen LogP contribution >= 0.6 is 0 Å². The first kappa shape index (κ1) is 16.4. The molecular formula is C20H27N3O2. The van der Waals surface area contributed by atoms with E-state index in [1.54, 1.807) is 0 Å². The lowest BCUT2D eigenvalue weighted by atomic mass is 9.96. The van der Waals surface area contributed by atoms with Crippen LogP contribution in [0.3, 0.4) is 0 Å². The molecule has 2 fully saturated rings. The summed E-state index contributed by atoms with van der Waals surface area (Å²) in [7, 11) is 0. The van der Waals surface area contributed by atoms with Gasteiger partial charge in [0, 0.05) is 37.9 Å². The van der Waals surface area contributed by atoms with Crippen LogP contribution in [0.25, 0.3) is 0 Å². The highest BCUT2D eigenvalue weighted by Crippen LogP contribution is 2.34. The predicted molar refractivity (Wildman–Crippen MR) is 97.6 cm³/mol. The van der Waals surface area contributed by atoms with E-state index < -0.39 is 0 Å². The summed E-state index contributed by atoms with van der Waals surface area (Å²) in [4.78, 5) is 31.7. The Labute approximate surface area is 149 Å². The maximum atomic E-state index is 13.2. The maximum absolute atomic E-state index is 13.2. The average Bonchev–Trinajstić information content (AvgIpc) is 3.27. The second kappa shape index (κ2) is 6.70. The number of carbonyl (C=O) groups is 2. The second-order valence-electron chi connectivity index (χ2n) is 7.65. The molecule has 0 aromatic heterocycles. The van der Waals surface area contributed by atoms with E-state index >= 15 is 0 Å². The molecule has 0 bridgehead atoms. The van der Waals surface area contributed by atoms with Gasteiger partial charge in [0.15, 0.2) is 0 Å². The Morgan fingerprint density at radius 1 is 1.00 bits per heavy atom. The van der Waals surface area contributed by atoms with E-state index in [1.807, 2.05) is 32.9 Å². The van der Waals surface area contributed by atoms with Crippen LogP contribution in [-0.2, 0) is 11.2 Å². The minimum atomic E-state index is -0.0751. The molecule has 2 saturated heterocycles. The van der Waals surface area contributed by atoms with Crippen molar-refractivity contribution in [2.75, 3.05) is 31.1 Å². The molecule has 0 aliphatic carbocycles. The number of urea groups is 1. The van der Waals surface area contributed by atoms with E-state index in [1.165, 1.54) is 5.56 Å². The maximum Gasteiger partial charge on any atom is 0.320 e. The van der Waals surface area contributed by atoms with Gasteiger partial charge in [0.1, 0.15) is 0 Å². The number of hydrogen-bond acceptors (Lipinski definition) is 2. The van der Waals surface area contributed by atoms with E-state index in [2.05, 4.69) is 13.0 Å². The number of fused-ring (bicyclic) bond motifs is 1. The number of piperidine rings is 1. The molecule has 3 heterocycles. The molecule has 3 amide bonds. The van der Waals surface area contributed by atoms with Gasteiger partial charge >= 0.3 is 6.03 Å². The normalized spacial score (nSPS) is 26.0. The van der Waals surface area contributed by atoms with Crippen LogP contribution in [0, 0.1) is 5.92 Å². The minimum absolute atomic E-state index is 0.0751. The number of benzene rings is 1. The Balaban J connectivity index is 1.48. The van der Waals surface area contributed by atoms with Crippen molar-refractivity contribution in [1.82, 2.24) is 9.80 Å². The molecule has 0 N–H and O–H groups in total. The molecule has 1 aromatic rings. The van der Waals surface area contributed by atoms with E-state index in [9.17, 15) is 9.59 Å². The Morgan fingerprint density at radius 3 is 2.52 bits per heavy atom. The molecular weight excluding hydrogens is 314 g/mol. The molecule has 1 aromatic carbocycles. The number of amides is 3. The third-order valence-electron chi connectivity index (χ3n) is 5.86. The van der Waals surface area contributed by atoms with E-state index in [0.717, 1.165) is 57.4 Å². The van der Waals surface area contributed by atoms with Crippen LogP contribution in [0.1, 0.15) is 38.2 Å². The van der Waals surface area contributed by atoms with Crippen LogP contribution in [0.5, 0.6) is 0 Å². The number of rotatable bonds is 1. The van der Waals surface area contributed by atoms with Crippen molar-refractivity contribution in [1.29, 1.82) is 0 Å². The van der Waals surface area contributed by atoms with Crippen LogP contribution in [0.2, 0.25) is 0 Å². The molecule has 5 nitrogen and oxygen atoms in total. The third-order valence-corrected chi connectivity index (χ3v) is 5.86. The van der Waals surface area contributed by atoms with Crippen molar-refractivity contribution >= 4 is 17.6 Å².